The number of carbonyl (C=O) groups excluding carboxylic acids is 1. The number of nitro benzene ring substituents is 1. The van der Waals surface area contributed by atoms with Gasteiger partial charge < -0.3 is 0 Å². The number of benzene rings is 1. The highest BCUT2D eigenvalue weighted by Gasteiger charge is 2.15. The van der Waals surface area contributed by atoms with Gasteiger partial charge in [-0.3, -0.25) is 14.9 Å². The molecule has 6 heteroatoms. The van der Waals surface area contributed by atoms with Crippen LogP contribution in [0.1, 0.15) is 5.56 Å². The highest BCUT2D eigenvalue weighted by atomic mass is 79.9. The second-order valence-corrected chi connectivity index (χ2v) is 3.90. The van der Waals surface area contributed by atoms with E-state index in [0.29, 0.717) is 10.0 Å². The molecule has 0 saturated carbocycles. The van der Waals surface area contributed by atoms with E-state index < -0.39 is 10.2 Å². The molecule has 0 spiro atoms. The summed E-state index contributed by atoms with van der Waals surface area (Å²) in [7, 11) is 0. The van der Waals surface area contributed by atoms with Gasteiger partial charge in [0.25, 0.3) is 5.69 Å². The van der Waals surface area contributed by atoms with Crippen molar-refractivity contribution in [3.8, 4) is 0 Å². The minimum absolute atomic E-state index is 0.0952. The van der Waals surface area contributed by atoms with Crippen LogP contribution in [0.4, 0.5) is 5.69 Å². The molecule has 0 amide bonds. The van der Waals surface area contributed by atoms with Crippen LogP contribution in [0.3, 0.4) is 0 Å². The summed E-state index contributed by atoms with van der Waals surface area (Å²) >= 11 is 8.32. The largest absolute Gasteiger partial charge is 0.281 e. The molecule has 14 heavy (non-hydrogen) atoms. The van der Waals surface area contributed by atoms with Crippen molar-refractivity contribution in [2.75, 3.05) is 0 Å². The molecule has 0 atom stereocenters. The molecule has 4 nitrogen and oxygen atoms in total. The monoisotopic (exact) mass is 277 g/mol. The highest BCUT2D eigenvalue weighted by Crippen LogP contribution is 2.23. The summed E-state index contributed by atoms with van der Waals surface area (Å²) in [4.78, 5) is 20.6. The molecular formula is C8H5BrClNO3. The van der Waals surface area contributed by atoms with Gasteiger partial charge in [-0.1, -0.05) is 15.9 Å². The Bertz CT molecular complexity index is 394. The number of nitro groups is 1. The Morgan fingerprint density at radius 1 is 1.57 bits per heavy atom. The molecule has 0 aliphatic rings. The van der Waals surface area contributed by atoms with Gasteiger partial charge in [-0.2, -0.15) is 0 Å². The van der Waals surface area contributed by atoms with Crippen molar-refractivity contribution in [1.82, 2.24) is 0 Å². The molecule has 0 N–H and O–H groups in total. The Morgan fingerprint density at radius 3 is 2.71 bits per heavy atom. The second-order valence-electron chi connectivity index (χ2n) is 2.56. The van der Waals surface area contributed by atoms with Gasteiger partial charge in [0.05, 0.1) is 11.3 Å². The van der Waals surface area contributed by atoms with E-state index in [1.165, 1.54) is 12.1 Å². The van der Waals surface area contributed by atoms with E-state index in [2.05, 4.69) is 15.9 Å². The van der Waals surface area contributed by atoms with E-state index in [4.69, 9.17) is 11.6 Å². The lowest BCUT2D eigenvalue weighted by molar-refractivity contribution is -0.385. The van der Waals surface area contributed by atoms with Crippen molar-refractivity contribution in [3.05, 3.63) is 38.3 Å². The van der Waals surface area contributed by atoms with E-state index in [-0.39, 0.29) is 12.1 Å². The summed E-state index contributed by atoms with van der Waals surface area (Å²) in [6, 6.07) is 4.39. The predicted octanol–water partition coefficient (Wildman–Crippen LogP) is 2.67. The maximum absolute atomic E-state index is 10.6. The summed E-state index contributed by atoms with van der Waals surface area (Å²) in [5, 5.41) is 9.93. The summed E-state index contributed by atoms with van der Waals surface area (Å²) < 4.78 is 0.677. The third kappa shape index (κ3) is 2.78. The van der Waals surface area contributed by atoms with E-state index in [1.807, 2.05) is 0 Å². The molecule has 0 bridgehead atoms. The van der Waals surface area contributed by atoms with Gasteiger partial charge in [-0.05, 0) is 23.7 Å². The normalized spacial score (nSPS) is 9.86. The Labute approximate surface area is 93.1 Å². The number of hydrogen-bond acceptors (Lipinski definition) is 3. The Hall–Kier alpha value is -0.940. The van der Waals surface area contributed by atoms with Crippen LogP contribution in [-0.2, 0) is 11.2 Å². The van der Waals surface area contributed by atoms with Crippen molar-refractivity contribution in [2.24, 2.45) is 0 Å². The van der Waals surface area contributed by atoms with Crippen molar-refractivity contribution in [2.45, 2.75) is 6.42 Å². The van der Waals surface area contributed by atoms with Gasteiger partial charge in [0, 0.05) is 16.1 Å². The number of nitrogens with zero attached hydrogens (tertiary/aromatic N) is 1. The van der Waals surface area contributed by atoms with Crippen LogP contribution in [0.2, 0.25) is 0 Å². The predicted molar refractivity (Wildman–Crippen MR) is 55.4 cm³/mol. The third-order valence-electron chi connectivity index (χ3n) is 1.57. The van der Waals surface area contributed by atoms with E-state index in [1.54, 1.807) is 6.07 Å². The minimum atomic E-state index is -0.619. The number of carbonyl (C=O) groups is 1. The van der Waals surface area contributed by atoms with Gasteiger partial charge in [-0.15, -0.1) is 0 Å². The lowest BCUT2D eigenvalue weighted by Gasteiger charge is -1.99. The van der Waals surface area contributed by atoms with Gasteiger partial charge in [0.1, 0.15) is 0 Å². The van der Waals surface area contributed by atoms with Crippen molar-refractivity contribution >= 4 is 38.5 Å². The lowest BCUT2D eigenvalue weighted by atomic mass is 10.1. The summed E-state index contributed by atoms with van der Waals surface area (Å²) in [5.41, 5.74) is 0.214. The maximum atomic E-state index is 10.6. The molecule has 0 fully saturated rings. The second kappa shape index (κ2) is 4.52. The molecule has 0 radical (unpaired) electrons. The molecule has 0 unspecified atom stereocenters. The minimum Gasteiger partial charge on any atom is -0.281 e. The molecule has 1 rings (SSSR count). The maximum Gasteiger partial charge on any atom is 0.273 e. The van der Waals surface area contributed by atoms with Gasteiger partial charge in [0.2, 0.25) is 5.24 Å². The van der Waals surface area contributed by atoms with Crippen LogP contribution in [0, 0.1) is 10.1 Å². The fourth-order valence-electron chi connectivity index (χ4n) is 1.02. The summed E-state index contributed by atoms with van der Waals surface area (Å²) in [6.45, 7) is 0. The number of halogens is 2. The zero-order chi connectivity index (χ0) is 10.7. The van der Waals surface area contributed by atoms with Crippen molar-refractivity contribution < 1.29 is 9.72 Å². The first-order valence-electron chi connectivity index (χ1n) is 3.62. The summed E-state index contributed by atoms with van der Waals surface area (Å²) in [6.07, 6.45) is -0.142. The zero-order valence-electron chi connectivity index (χ0n) is 6.87. The first kappa shape index (κ1) is 11.1. The first-order chi connectivity index (χ1) is 6.50. The van der Waals surface area contributed by atoms with E-state index in [0.717, 1.165) is 0 Å². The van der Waals surface area contributed by atoms with Gasteiger partial charge in [-0.25, -0.2) is 0 Å². The standard InChI is InChI=1S/C8H5BrClNO3/c9-6-1-2-7(11(13)14)5(3-6)4-8(10)12/h1-3H,4H2. The van der Waals surface area contributed by atoms with Crippen LogP contribution in [0.5, 0.6) is 0 Å². The smallest absolute Gasteiger partial charge is 0.273 e. The van der Waals surface area contributed by atoms with E-state index in [9.17, 15) is 14.9 Å². The summed E-state index contributed by atoms with van der Waals surface area (Å²) in [5.74, 6) is 0. The third-order valence-corrected chi connectivity index (χ3v) is 2.19. The quantitative estimate of drug-likeness (QED) is 0.485. The molecule has 0 saturated heterocycles. The van der Waals surface area contributed by atoms with Gasteiger partial charge >= 0.3 is 0 Å². The lowest BCUT2D eigenvalue weighted by Crippen LogP contribution is -1.99. The Balaban J connectivity index is 3.15. The average molecular weight is 278 g/mol. The topological polar surface area (TPSA) is 60.2 Å². The molecule has 1 aromatic carbocycles. The molecule has 0 aliphatic carbocycles. The fraction of sp³-hybridized carbons (Fsp3) is 0.125. The fourth-order valence-corrected chi connectivity index (χ4v) is 1.58. The van der Waals surface area contributed by atoms with E-state index >= 15 is 0 Å². The molecule has 0 heterocycles. The first-order valence-corrected chi connectivity index (χ1v) is 4.79. The Kier molecular flexibility index (Phi) is 3.60. The highest BCUT2D eigenvalue weighted by molar-refractivity contribution is 9.10. The number of rotatable bonds is 3. The van der Waals surface area contributed by atoms with Crippen molar-refractivity contribution in [1.29, 1.82) is 0 Å². The van der Waals surface area contributed by atoms with Gasteiger partial charge in [0.15, 0.2) is 0 Å². The van der Waals surface area contributed by atoms with Crippen LogP contribution in [-0.4, -0.2) is 10.2 Å². The van der Waals surface area contributed by atoms with Crippen molar-refractivity contribution in [3.63, 3.8) is 0 Å². The molecule has 1 aromatic rings. The molecule has 0 aromatic heterocycles. The van der Waals surface area contributed by atoms with Crippen LogP contribution in [0.25, 0.3) is 0 Å². The Morgan fingerprint density at radius 2 is 2.21 bits per heavy atom. The molecule has 74 valence electrons. The van der Waals surface area contributed by atoms with Crippen LogP contribution in [0.15, 0.2) is 22.7 Å². The average Bonchev–Trinajstić information content (AvgIpc) is 2.01. The SMILES string of the molecule is O=C(Cl)Cc1cc(Br)ccc1[N+](=O)[O-]. The molecular weight excluding hydrogens is 273 g/mol. The van der Waals surface area contributed by atoms with Crippen LogP contribution < -0.4 is 0 Å². The van der Waals surface area contributed by atoms with Crippen LogP contribution >= 0.6 is 27.5 Å². The molecule has 0 aliphatic heterocycles. The number of hydrogen-bond donors (Lipinski definition) is 0. The zero-order valence-corrected chi connectivity index (χ0v) is 9.21.